The second-order valence-corrected chi connectivity index (χ2v) is 6.55. The molecule has 0 fully saturated rings. The van der Waals surface area contributed by atoms with Crippen LogP contribution in [0.15, 0.2) is 66.7 Å². The summed E-state index contributed by atoms with van der Waals surface area (Å²) in [6, 6.07) is 23.0. The van der Waals surface area contributed by atoms with Crippen molar-refractivity contribution in [3.05, 3.63) is 83.4 Å². The maximum atomic E-state index is 5.05. The average Bonchev–Trinajstić information content (AvgIpc) is 2.65. The molecule has 25 heavy (non-hydrogen) atoms. The molecule has 0 atom stereocenters. The molecule has 0 aliphatic heterocycles. The van der Waals surface area contributed by atoms with E-state index in [1.807, 2.05) is 18.2 Å². The van der Waals surface area contributed by atoms with Crippen LogP contribution in [0.2, 0.25) is 0 Å². The zero-order chi connectivity index (χ0) is 17.4. The van der Waals surface area contributed by atoms with Crippen LogP contribution < -0.4 is 0 Å². The van der Waals surface area contributed by atoms with E-state index in [4.69, 9.17) is 9.97 Å². The molecule has 4 rings (SSSR count). The highest BCUT2D eigenvalue weighted by atomic mass is 14.8. The molecule has 0 amide bonds. The van der Waals surface area contributed by atoms with Crippen LogP contribution in [0.1, 0.15) is 16.7 Å². The van der Waals surface area contributed by atoms with Crippen LogP contribution >= 0.6 is 0 Å². The largest absolute Gasteiger partial charge is 0.244 e. The normalized spacial score (nSPS) is 11.0. The highest BCUT2D eigenvalue weighted by Gasteiger charge is 2.15. The van der Waals surface area contributed by atoms with Gasteiger partial charge in [-0.2, -0.15) is 0 Å². The predicted molar refractivity (Wildman–Crippen MR) is 105 cm³/mol. The summed E-state index contributed by atoms with van der Waals surface area (Å²) < 4.78 is 0. The molecule has 2 nitrogen and oxygen atoms in total. The van der Waals surface area contributed by atoms with E-state index in [1.54, 1.807) is 0 Å². The molecule has 0 aliphatic carbocycles. The van der Waals surface area contributed by atoms with Crippen molar-refractivity contribution < 1.29 is 0 Å². The Bertz CT molecular complexity index is 1050. The van der Waals surface area contributed by atoms with E-state index in [1.165, 1.54) is 5.56 Å². The molecular formula is C23H20N2. The van der Waals surface area contributed by atoms with E-state index in [0.717, 1.165) is 44.7 Å². The average molecular weight is 324 g/mol. The third-order valence-corrected chi connectivity index (χ3v) is 4.60. The summed E-state index contributed by atoms with van der Waals surface area (Å²) >= 11 is 0. The van der Waals surface area contributed by atoms with E-state index in [2.05, 4.69) is 69.3 Å². The van der Waals surface area contributed by atoms with Crippen LogP contribution in [-0.2, 0) is 0 Å². The van der Waals surface area contributed by atoms with E-state index in [0.29, 0.717) is 0 Å². The zero-order valence-corrected chi connectivity index (χ0v) is 14.7. The van der Waals surface area contributed by atoms with Crippen LogP contribution in [0.5, 0.6) is 0 Å². The van der Waals surface area contributed by atoms with Crippen molar-refractivity contribution in [1.29, 1.82) is 0 Å². The number of benzene rings is 3. The van der Waals surface area contributed by atoms with Gasteiger partial charge in [0.15, 0.2) is 0 Å². The van der Waals surface area contributed by atoms with E-state index in [-0.39, 0.29) is 0 Å². The number of hydrogen-bond donors (Lipinski definition) is 0. The van der Waals surface area contributed by atoms with Crippen molar-refractivity contribution >= 4 is 11.0 Å². The van der Waals surface area contributed by atoms with Crippen molar-refractivity contribution in [2.75, 3.05) is 0 Å². The van der Waals surface area contributed by atoms with Gasteiger partial charge >= 0.3 is 0 Å². The lowest BCUT2D eigenvalue weighted by Gasteiger charge is -2.13. The molecule has 1 aromatic heterocycles. The topological polar surface area (TPSA) is 25.8 Å². The number of fused-ring (bicyclic) bond motifs is 1. The van der Waals surface area contributed by atoms with Crippen molar-refractivity contribution in [3.8, 4) is 22.5 Å². The third kappa shape index (κ3) is 2.80. The smallest absolute Gasteiger partial charge is 0.0973 e. The Labute approximate surface area is 148 Å². The number of hydrogen-bond acceptors (Lipinski definition) is 2. The lowest BCUT2D eigenvalue weighted by atomic mass is 10.0. The third-order valence-electron chi connectivity index (χ3n) is 4.60. The molecule has 1 heterocycles. The van der Waals surface area contributed by atoms with Crippen molar-refractivity contribution in [2.45, 2.75) is 20.8 Å². The summed E-state index contributed by atoms with van der Waals surface area (Å²) in [7, 11) is 0. The van der Waals surface area contributed by atoms with E-state index in [9.17, 15) is 0 Å². The fourth-order valence-corrected chi connectivity index (χ4v) is 3.10. The van der Waals surface area contributed by atoms with Crippen molar-refractivity contribution in [3.63, 3.8) is 0 Å². The van der Waals surface area contributed by atoms with Gasteiger partial charge in [0, 0.05) is 11.1 Å². The Kier molecular flexibility index (Phi) is 3.81. The van der Waals surface area contributed by atoms with Gasteiger partial charge in [-0.25, -0.2) is 9.97 Å². The SMILES string of the molecule is Cc1ccc(-c2nc3c(C)ccc(C)c3nc2-c2ccccc2)cc1. The summed E-state index contributed by atoms with van der Waals surface area (Å²) in [4.78, 5) is 10.1. The van der Waals surface area contributed by atoms with Gasteiger partial charge in [-0.3, -0.25) is 0 Å². The lowest BCUT2D eigenvalue weighted by Crippen LogP contribution is -1.98. The number of nitrogens with zero attached hydrogens (tertiary/aromatic N) is 2. The molecule has 4 aromatic rings. The number of rotatable bonds is 2. The molecule has 0 spiro atoms. The second kappa shape index (κ2) is 6.14. The molecule has 3 aromatic carbocycles. The Morgan fingerprint density at radius 3 is 1.52 bits per heavy atom. The first-order valence-corrected chi connectivity index (χ1v) is 8.54. The Morgan fingerprint density at radius 2 is 1.00 bits per heavy atom. The maximum Gasteiger partial charge on any atom is 0.0973 e. The van der Waals surface area contributed by atoms with Crippen LogP contribution in [0.3, 0.4) is 0 Å². The molecule has 122 valence electrons. The molecule has 0 aliphatic rings. The lowest BCUT2D eigenvalue weighted by molar-refractivity contribution is 1.25. The van der Waals surface area contributed by atoms with Gasteiger partial charge in [-0.15, -0.1) is 0 Å². The van der Waals surface area contributed by atoms with Gasteiger partial charge in [0.05, 0.1) is 22.4 Å². The van der Waals surface area contributed by atoms with Crippen molar-refractivity contribution in [2.24, 2.45) is 0 Å². The van der Waals surface area contributed by atoms with Gasteiger partial charge in [0.1, 0.15) is 0 Å². The zero-order valence-electron chi connectivity index (χ0n) is 14.7. The molecule has 0 bridgehead atoms. The first-order chi connectivity index (χ1) is 12.1. The van der Waals surface area contributed by atoms with E-state index >= 15 is 0 Å². The van der Waals surface area contributed by atoms with Gasteiger partial charge in [0.2, 0.25) is 0 Å². The Morgan fingerprint density at radius 1 is 0.520 bits per heavy atom. The fourth-order valence-electron chi connectivity index (χ4n) is 3.10. The monoisotopic (exact) mass is 324 g/mol. The van der Waals surface area contributed by atoms with Crippen LogP contribution in [0.25, 0.3) is 33.5 Å². The summed E-state index contributed by atoms with van der Waals surface area (Å²) in [5.41, 5.74) is 9.57. The molecule has 0 saturated carbocycles. The molecule has 2 heteroatoms. The van der Waals surface area contributed by atoms with Gasteiger partial charge in [0.25, 0.3) is 0 Å². The van der Waals surface area contributed by atoms with Gasteiger partial charge in [-0.05, 0) is 31.9 Å². The molecule has 0 radical (unpaired) electrons. The first-order valence-electron chi connectivity index (χ1n) is 8.54. The second-order valence-electron chi connectivity index (χ2n) is 6.55. The molecule has 0 saturated heterocycles. The van der Waals surface area contributed by atoms with Crippen LogP contribution in [0, 0.1) is 20.8 Å². The summed E-state index contributed by atoms with van der Waals surface area (Å²) in [6.07, 6.45) is 0. The number of aromatic nitrogens is 2. The van der Waals surface area contributed by atoms with Crippen molar-refractivity contribution in [1.82, 2.24) is 9.97 Å². The first kappa shape index (κ1) is 15.5. The molecule has 0 N–H and O–H groups in total. The minimum absolute atomic E-state index is 0.936. The molecular weight excluding hydrogens is 304 g/mol. The predicted octanol–water partition coefficient (Wildman–Crippen LogP) is 5.89. The van der Waals surface area contributed by atoms with Crippen LogP contribution in [0.4, 0.5) is 0 Å². The fraction of sp³-hybridized carbons (Fsp3) is 0.130. The quantitative estimate of drug-likeness (QED) is 0.459. The summed E-state index contributed by atoms with van der Waals surface area (Å²) in [5.74, 6) is 0. The minimum Gasteiger partial charge on any atom is -0.244 e. The standard InChI is InChI=1S/C23H20N2/c1-15-9-13-19(14-10-15)23-22(18-7-5-4-6-8-18)24-20-16(2)11-12-17(3)21(20)25-23/h4-14H,1-3H3. The highest BCUT2D eigenvalue weighted by molar-refractivity contribution is 5.89. The molecule has 0 unspecified atom stereocenters. The Balaban J connectivity index is 2.08. The van der Waals surface area contributed by atoms with Gasteiger partial charge < -0.3 is 0 Å². The summed E-state index contributed by atoms with van der Waals surface area (Å²) in [5, 5.41) is 0. The maximum absolute atomic E-state index is 5.05. The van der Waals surface area contributed by atoms with E-state index < -0.39 is 0 Å². The Hall–Kier alpha value is -3.00. The highest BCUT2D eigenvalue weighted by Crippen LogP contribution is 2.32. The summed E-state index contributed by atoms with van der Waals surface area (Å²) in [6.45, 7) is 6.29. The minimum atomic E-state index is 0.936. The van der Waals surface area contributed by atoms with Gasteiger partial charge in [-0.1, -0.05) is 72.3 Å². The van der Waals surface area contributed by atoms with Crippen LogP contribution in [-0.4, -0.2) is 9.97 Å². The number of aryl methyl sites for hydroxylation is 3.